The number of aromatic nitrogens is 1. The second-order valence-electron chi connectivity index (χ2n) is 4.04. The Hall–Kier alpha value is -2.42. The van der Waals surface area contributed by atoms with Gasteiger partial charge in [-0.3, -0.25) is 11.7 Å². The molecule has 22 heavy (non-hydrogen) atoms. The average Bonchev–Trinajstić information content (AvgIpc) is 2.97. The first kappa shape index (κ1) is 19.6. The van der Waals surface area contributed by atoms with E-state index in [0.717, 1.165) is 17.8 Å². The molecule has 1 heterocycles. The van der Waals surface area contributed by atoms with E-state index < -0.39 is 0 Å². The maximum Gasteiger partial charge on any atom is 0.0841 e. The number of hydrogen-bond donors (Lipinski definition) is 4. The number of benzene rings is 1. The number of rotatable bonds is 5. The number of para-hydroxylation sites is 1. The third-order valence-electron chi connectivity index (χ3n) is 2.54. The predicted octanol–water partition coefficient (Wildman–Crippen LogP) is 0.799. The van der Waals surface area contributed by atoms with Crippen molar-refractivity contribution in [3.05, 3.63) is 36.0 Å². The number of ether oxygens (including phenoxy) is 1. The van der Waals surface area contributed by atoms with Crippen molar-refractivity contribution in [1.29, 1.82) is 10.5 Å². The van der Waals surface area contributed by atoms with Gasteiger partial charge in [-0.05, 0) is 17.5 Å². The fourth-order valence-electron chi connectivity index (χ4n) is 1.63. The van der Waals surface area contributed by atoms with Crippen LogP contribution < -0.4 is 17.0 Å². The Balaban J connectivity index is 0.000000388. The number of methoxy groups -OCH3 is 1. The van der Waals surface area contributed by atoms with Crippen LogP contribution in [0, 0.1) is 22.7 Å². The monoisotopic (exact) mass is 302 g/mol. The van der Waals surface area contributed by atoms with Gasteiger partial charge in [0.25, 0.3) is 0 Å². The smallest absolute Gasteiger partial charge is 0.0841 e. The first-order valence-corrected chi connectivity index (χ1v) is 6.65. The summed E-state index contributed by atoms with van der Waals surface area (Å²) >= 11 is 0. The van der Waals surface area contributed by atoms with Crippen molar-refractivity contribution in [1.82, 2.24) is 10.3 Å². The van der Waals surface area contributed by atoms with Crippen LogP contribution in [0.5, 0.6) is 0 Å². The number of aromatic amines is 1. The Morgan fingerprint density at radius 3 is 2.55 bits per heavy atom. The summed E-state index contributed by atoms with van der Waals surface area (Å²) in [7, 11) is 1.63. The van der Waals surface area contributed by atoms with Crippen molar-refractivity contribution < 1.29 is 4.74 Å². The van der Waals surface area contributed by atoms with Crippen molar-refractivity contribution in [3.8, 4) is 12.1 Å². The molecule has 0 radical (unpaired) electrons. The molecule has 0 atom stereocenters. The topological polar surface area (TPSA) is 137 Å². The third-order valence-corrected chi connectivity index (χ3v) is 2.54. The van der Waals surface area contributed by atoms with Crippen molar-refractivity contribution >= 4 is 10.9 Å². The molecular weight excluding hydrogens is 280 g/mol. The molecule has 0 unspecified atom stereocenters. The van der Waals surface area contributed by atoms with E-state index in [1.165, 1.54) is 5.39 Å². The summed E-state index contributed by atoms with van der Waals surface area (Å²) < 4.78 is 4.72. The highest BCUT2D eigenvalue weighted by atomic mass is 16.5. The SMILES string of the molecule is COCCNCC#N.N#CCc1cc2ccccc2[nH]1.NN. The van der Waals surface area contributed by atoms with Gasteiger partial charge in [-0.15, -0.1) is 0 Å². The highest BCUT2D eigenvalue weighted by molar-refractivity contribution is 5.80. The van der Waals surface area contributed by atoms with Crippen LogP contribution in [-0.4, -0.2) is 31.8 Å². The molecule has 1 aromatic heterocycles. The van der Waals surface area contributed by atoms with E-state index in [-0.39, 0.29) is 0 Å². The zero-order valence-corrected chi connectivity index (χ0v) is 12.7. The van der Waals surface area contributed by atoms with Gasteiger partial charge in [-0.1, -0.05) is 18.2 Å². The molecule has 1 aromatic carbocycles. The maximum atomic E-state index is 8.47. The summed E-state index contributed by atoms with van der Waals surface area (Å²) in [5.74, 6) is 8.00. The molecule has 2 aromatic rings. The van der Waals surface area contributed by atoms with Crippen LogP contribution in [0.1, 0.15) is 5.69 Å². The molecule has 0 saturated heterocycles. The van der Waals surface area contributed by atoms with Crippen LogP contribution in [0.2, 0.25) is 0 Å². The zero-order chi connectivity index (χ0) is 16.6. The lowest BCUT2D eigenvalue weighted by molar-refractivity contribution is 0.200. The lowest BCUT2D eigenvalue weighted by atomic mass is 10.2. The van der Waals surface area contributed by atoms with E-state index in [9.17, 15) is 0 Å². The van der Waals surface area contributed by atoms with Crippen LogP contribution >= 0.6 is 0 Å². The van der Waals surface area contributed by atoms with Gasteiger partial charge in [0.1, 0.15) is 0 Å². The summed E-state index contributed by atoms with van der Waals surface area (Å²) in [5, 5.41) is 20.5. The highest BCUT2D eigenvalue weighted by Gasteiger charge is 1.97. The fraction of sp³-hybridized carbons (Fsp3) is 0.333. The minimum atomic E-state index is 0.406. The number of nitrogens with one attached hydrogen (secondary N) is 2. The van der Waals surface area contributed by atoms with Gasteiger partial charge in [0.05, 0.1) is 31.7 Å². The second kappa shape index (κ2) is 13.6. The summed E-state index contributed by atoms with van der Waals surface area (Å²) in [5.41, 5.74) is 2.08. The van der Waals surface area contributed by atoms with Gasteiger partial charge in [-0.2, -0.15) is 10.5 Å². The second-order valence-corrected chi connectivity index (χ2v) is 4.04. The van der Waals surface area contributed by atoms with Crippen LogP contribution in [0.25, 0.3) is 10.9 Å². The lowest BCUT2D eigenvalue weighted by Crippen LogP contribution is -2.18. The number of fused-ring (bicyclic) bond motifs is 1. The maximum absolute atomic E-state index is 8.47. The molecule has 0 saturated carbocycles. The molecule has 0 aliphatic carbocycles. The molecule has 0 amide bonds. The fourth-order valence-corrected chi connectivity index (χ4v) is 1.63. The minimum absolute atomic E-state index is 0.406. The highest BCUT2D eigenvalue weighted by Crippen LogP contribution is 2.14. The molecule has 2 rings (SSSR count). The third kappa shape index (κ3) is 8.00. The molecule has 7 heteroatoms. The molecule has 0 aliphatic rings. The molecular formula is C15H22N6O. The van der Waals surface area contributed by atoms with Crippen LogP contribution in [0.3, 0.4) is 0 Å². The van der Waals surface area contributed by atoms with E-state index in [4.69, 9.17) is 15.3 Å². The van der Waals surface area contributed by atoms with E-state index in [2.05, 4.69) is 28.1 Å². The molecule has 0 bridgehead atoms. The Kier molecular flexibility index (Phi) is 12.1. The number of hydrazine groups is 1. The number of H-pyrrole nitrogens is 1. The van der Waals surface area contributed by atoms with Crippen molar-refractivity contribution in [2.75, 3.05) is 26.8 Å². The number of nitriles is 2. The summed E-state index contributed by atoms with van der Waals surface area (Å²) in [6.07, 6.45) is 0.453. The molecule has 118 valence electrons. The molecule has 0 fully saturated rings. The standard InChI is InChI=1S/C10H8N2.C5H10N2O.H4N2/c11-6-5-9-7-8-3-1-2-4-10(8)12-9;1-8-5-4-7-3-2-6;1-2/h1-4,7,12H,5H2;7H,3-5H2,1H3;1-2H2. The van der Waals surface area contributed by atoms with Gasteiger partial charge in [0.15, 0.2) is 0 Å². The van der Waals surface area contributed by atoms with Gasteiger partial charge in [-0.25, -0.2) is 0 Å². The minimum Gasteiger partial charge on any atom is -0.383 e. The van der Waals surface area contributed by atoms with Crippen LogP contribution in [0.15, 0.2) is 30.3 Å². The van der Waals surface area contributed by atoms with Crippen LogP contribution in [-0.2, 0) is 11.2 Å². The van der Waals surface area contributed by atoms with Crippen molar-refractivity contribution in [2.24, 2.45) is 11.7 Å². The van der Waals surface area contributed by atoms with E-state index >= 15 is 0 Å². The quantitative estimate of drug-likeness (QED) is 0.279. The first-order chi connectivity index (χ1) is 10.8. The van der Waals surface area contributed by atoms with Crippen LogP contribution in [0.4, 0.5) is 0 Å². The van der Waals surface area contributed by atoms with Crippen molar-refractivity contribution in [2.45, 2.75) is 6.42 Å². The molecule has 6 N–H and O–H groups in total. The first-order valence-electron chi connectivity index (χ1n) is 6.65. The average molecular weight is 302 g/mol. The van der Waals surface area contributed by atoms with Gasteiger partial charge in [0, 0.05) is 24.9 Å². The van der Waals surface area contributed by atoms with Gasteiger partial charge in [0.2, 0.25) is 0 Å². The number of nitrogens with two attached hydrogens (primary N) is 2. The largest absolute Gasteiger partial charge is 0.383 e. The molecule has 0 spiro atoms. The Labute approximate surface area is 130 Å². The van der Waals surface area contributed by atoms with Gasteiger partial charge >= 0.3 is 0 Å². The van der Waals surface area contributed by atoms with Gasteiger partial charge < -0.3 is 15.0 Å². The Morgan fingerprint density at radius 1 is 1.23 bits per heavy atom. The van der Waals surface area contributed by atoms with E-state index in [1.807, 2.05) is 36.4 Å². The zero-order valence-electron chi connectivity index (χ0n) is 12.7. The predicted molar refractivity (Wildman–Crippen MR) is 86.3 cm³/mol. The summed E-state index contributed by atoms with van der Waals surface area (Å²) in [4.78, 5) is 3.17. The number of hydrogen-bond acceptors (Lipinski definition) is 6. The van der Waals surface area contributed by atoms with E-state index in [0.29, 0.717) is 19.6 Å². The summed E-state index contributed by atoms with van der Waals surface area (Å²) in [6, 6.07) is 14.1. The molecule has 0 aliphatic heterocycles. The van der Waals surface area contributed by atoms with Crippen molar-refractivity contribution in [3.63, 3.8) is 0 Å². The molecule has 7 nitrogen and oxygen atoms in total. The Morgan fingerprint density at radius 2 is 1.95 bits per heavy atom. The lowest BCUT2D eigenvalue weighted by Gasteiger charge is -1.95. The number of nitrogens with zero attached hydrogens (tertiary/aromatic N) is 2. The normalized spacial score (nSPS) is 8.77. The summed E-state index contributed by atoms with van der Waals surface area (Å²) in [6.45, 7) is 1.83. The Bertz CT molecular complexity index is 563. The van der Waals surface area contributed by atoms with E-state index in [1.54, 1.807) is 7.11 Å².